The summed E-state index contributed by atoms with van der Waals surface area (Å²) in [5.74, 6) is -0.369. The first-order valence-electron chi connectivity index (χ1n) is 4.58. The highest BCUT2D eigenvalue weighted by Gasteiger charge is 2.14. The molecule has 0 bridgehead atoms. The van der Waals surface area contributed by atoms with Crippen LogP contribution in [0.1, 0.15) is 23.6 Å². The molecule has 0 radical (unpaired) electrons. The summed E-state index contributed by atoms with van der Waals surface area (Å²) in [5, 5.41) is 0.381. The molecule has 15 heavy (non-hydrogen) atoms. The second kappa shape index (κ2) is 3.94. The number of thiazole rings is 1. The number of carbonyl (C=O) groups excluding carboxylic acids is 1. The third-order valence-electron chi connectivity index (χ3n) is 1.71. The van der Waals surface area contributed by atoms with Crippen molar-refractivity contribution in [3.05, 3.63) is 23.5 Å². The van der Waals surface area contributed by atoms with Crippen molar-refractivity contribution in [3.8, 4) is 0 Å². The Labute approximate surface area is 90.9 Å². The number of rotatable bonds is 2. The molecule has 0 aliphatic heterocycles. The Bertz CT molecular complexity index is 460. The molecule has 0 saturated carbocycles. The molecule has 0 unspecified atom stereocenters. The van der Waals surface area contributed by atoms with Crippen molar-refractivity contribution in [2.45, 2.75) is 20.0 Å². The maximum Gasteiger partial charge on any atom is 0.367 e. The van der Waals surface area contributed by atoms with Crippen LogP contribution in [-0.2, 0) is 4.74 Å². The molecule has 2 aromatic rings. The summed E-state index contributed by atoms with van der Waals surface area (Å²) < 4.78 is 6.00. The van der Waals surface area contributed by atoms with Crippen LogP contribution >= 0.6 is 11.3 Å². The predicted molar refractivity (Wildman–Crippen MR) is 58.0 cm³/mol. The summed E-state index contributed by atoms with van der Waals surface area (Å²) in [5.41, 5.74) is 0.734. The molecule has 0 spiro atoms. The number of hydrogen-bond donors (Lipinski definition) is 0. The van der Waals surface area contributed by atoms with E-state index in [-0.39, 0.29) is 12.1 Å². The molecule has 2 rings (SSSR count). The molecule has 78 valence electrons. The number of aromatic nitrogens is 2. The minimum Gasteiger partial charge on any atom is -0.458 e. The molecule has 0 saturated heterocycles. The van der Waals surface area contributed by atoms with E-state index in [9.17, 15) is 4.79 Å². The van der Waals surface area contributed by atoms with Crippen molar-refractivity contribution in [3.63, 3.8) is 0 Å². The zero-order chi connectivity index (χ0) is 10.8. The molecule has 0 fully saturated rings. The van der Waals surface area contributed by atoms with Gasteiger partial charge in [0.1, 0.15) is 5.52 Å². The maximum atomic E-state index is 11.5. The van der Waals surface area contributed by atoms with Gasteiger partial charge < -0.3 is 4.74 Å². The van der Waals surface area contributed by atoms with E-state index in [0.29, 0.717) is 5.01 Å². The van der Waals surface area contributed by atoms with E-state index >= 15 is 0 Å². The van der Waals surface area contributed by atoms with Crippen molar-refractivity contribution < 1.29 is 9.53 Å². The second-order valence-electron chi connectivity index (χ2n) is 3.32. The summed E-state index contributed by atoms with van der Waals surface area (Å²) in [4.78, 5) is 19.6. The van der Waals surface area contributed by atoms with Crippen molar-refractivity contribution >= 4 is 27.5 Å². The van der Waals surface area contributed by atoms with Crippen LogP contribution in [0.3, 0.4) is 0 Å². The van der Waals surface area contributed by atoms with Crippen LogP contribution in [0, 0.1) is 0 Å². The predicted octanol–water partition coefficient (Wildman–Crippen LogP) is 2.26. The SMILES string of the molecule is CC(C)OC(=O)c1nc2cnccc2s1. The van der Waals surface area contributed by atoms with Crippen LogP contribution < -0.4 is 0 Å². The van der Waals surface area contributed by atoms with Gasteiger partial charge in [-0.1, -0.05) is 0 Å². The number of fused-ring (bicyclic) bond motifs is 1. The zero-order valence-corrected chi connectivity index (χ0v) is 9.25. The lowest BCUT2D eigenvalue weighted by molar-refractivity contribution is 0.0378. The largest absolute Gasteiger partial charge is 0.458 e. The lowest BCUT2D eigenvalue weighted by atomic mass is 10.4. The fourth-order valence-corrected chi connectivity index (χ4v) is 1.95. The average molecular weight is 222 g/mol. The van der Waals surface area contributed by atoms with Crippen molar-refractivity contribution in [1.82, 2.24) is 9.97 Å². The Morgan fingerprint density at radius 3 is 3.00 bits per heavy atom. The Kier molecular flexibility index (Phi) is 2.64. The first-order valence-corrected chi connectivity index (χ1v) is 5.40. The number of carbonyl (C=O) groups is 1. The van der Waals surface area contributed by atoms with Gasteiger partial charge in [-0.3, -0.25) is 4.98 Å². The van der Waals surface area contributed by atoms with Gasteiger partial charge in [0.05, 0.1) is 17.0 Å². The molecule has 0 aliphatic carbocycles. The Morgan fingerprint density at radius 2 is 2.33 bits per heavy atom. The van der Waals surface area contributed by atoms with Crippen LogP contribution in [0.2, 0.25) is 0 Å². The fourth-order valence-electron chi connectivity index (χ4n) is 1.13. The van der Waals surface area contributed by atoms with E-state index in [2.05, 4.69) is 9.97 Å². The monoisotopic (exact) mass is 222 g/mol. The Balaban J connectivity index is 2.32. The normalized spacial score (nSPS) is 10.9. The molecular formula is C10H10N2O2S. The highest BCUT2D eigenvalue weighted by Crippen LogP contribution is 2.21. The van der Waals surface area contributed by atoms with E-state index in [4.69, 9.17) is 4.74 Å². The highest BCUT2D eigenvalue weighted by molar-refractivity contribution is 7.20. The van der Waals surface area contributed by atoms with E-state index in [1.807, 2.05) is 19.9 Å². The summed E-state index contributed by atoms with van der Waals surface area (Å²) in [6.07, 6.45) is 3.19. The fraction of sp³-hybridized carbons (Fsp3) is 0.300. The third kappa shape index (κ3) is 2.12. The molecule has 0 aromatic carbocycles. The molecule has 0 atom stereocenters. The van der Waals surface area contributed by atoms with Gasteiger partial charge in [-0.05, 0) is 19.9 Å². The molecule has 0 amide bonds. The van der Waals surface area contributed by atoms with Crippen molar-refractivity contribution in [2.75, 3.05) is 0 Å². The van der Waals surface area contributed by atoms with Gasteiger partial charge in [0.2, 0.25) is 5.01 Å². The molecule has 4 nitrogen and oxygen atoms in total. The van der Waals surface area contributed by atoms with Crippen LogP contribution in [0.15, 0.2) is 18.5 Å². The topological polar surface area (TPSA) is 52.1 Å². The molecule has 5 heteroatoms. The van der Waals surface area contributed by atoms with Crippen molar-refractivity contribution in [1.29, 1.82) is 0 Å². The number of esters is 1. The average Bonchev–Trinajstić information content (AvgIpc) is 2.59. The molecular weight excluding hydrogens is 212 g/mol. The van der Waals surface area contributed by atoms with Gasteiger partial charge in [-0.25, -0.2) is 9.78 Å². The summed E-state index contributed by atoms with van der Waals surface area (Å²) in [7, 11) is 0. The van der Waals surface area contributed by atoms with Crippen LogP contribution in [0.5, 0.6) is 0 Å². The smallest absolute Gasteiger partial charge is 0.367 e. The minimum atomic E-state index is -0.369. The van der Waals surface area contributed by atoms with Gasteiger partial charge in [0, 0.05) is 6.20 Å². The lowest BCUT2D eigenvalue weighted by Gasteiger charge is -2.04. The van der Waals surface area contributed by atoms with Crippen LogP contribution in [0.25, 0.3) is 10.2 Å². The first-order chi connectivity index (χ1) is 7.16. The van der Waals surface area contributed by atoms with Crippen LogP contribution in [0.4, 0.5) is 0 Å². The lowest BCUT2D eigenvalue weighted by Crippen LogP contribution is -2.11. The number of ether oxygens (including phenoxy) is 1. The van der Waals surface area contributed by atoms with E-state index in [0.717, 1.165) is 10.2 Å². The zero-order valence-electron chi connectivity index (χ0n) is 8.43. The van der Waals surface area contributed by atoms with Crippen molar-refractivity contribution in [2.24, 2.45) is 0 Å². The highest BCUT2D eigenvalue weighted by atomic mass is 32.1. The van der Waals surface area contributed by atoms with Gasteiger partial charge in [0.25, 0.3) is 0 Å². The first kappa shape index (κ1) is 10.0. The second-order valence-corrected chi connectivity index (χ2v) is 4.35. The Hall–Kier alpha value is -1.49. The third-order valence-corrected chi connectivity index (χ3v) is 2.72. The number of nitrogens with zero attached hydrogens (tertiary/aromatic N) is 2. The van der Waals surface area contributed by atoms with Gasteiger partial charge in [-0.2, -0.15) is 0 Å². The minimum absolute atomic E-state index is 0.123. The standard InChI is InChI=1S/C10H10N2O2S/c1-6(2)14-10(13)9-12-7-5-11-4-3-8(7)15-9/h3-6H,1-2H3. The van der Waals surface area contributed by atoms with Gasteiger partial charge >= 0.3 is 5.97 Å². The van der Waals surface area contributed by atoms with E-state index in [1.165, 1.54) is 11.3 Å². The molecule has 2 aromatic heterocycles. The summed E-state index contributed by atoms with van der Waals surface area (Å²) in [6, 6.07) is 1.83. The summed E-state index contributed by atoms with van der Waals surface area (Å²) in [6.45, 7) is 3.62. The van der Waals surface area contributed by atoms with Gasteiger partial charge in [0.15, 0.2) is 0 Å². The molecule has 0 N–H and O–H groups in total. The van der Waals surface area contributed by atoms with E-state index < -0.39 is 0 Å². The summed E-state index contributed by atoms with van der Waals surface area (Å²) >= 11 is 1.32. The molecule has 2 heterocycles. The van der Waals surface area contributed by atoms with Gasteiger partial charge in [-0.15, -0.1) is 11.3 Å². The maximum absolute atomic E-state index is 11.5. The quantitative estimate of drug-likeness (QED) is 0.731. The Morgan fingerprint density at radius 1 is 1.53 bits per heavy atom. The van der Waals surface area contributed by atoms with Crippen LogP contribution in [-0.4, -0.2) is 22.0 Å². The number of hydrogen-bond acceptors (Lipinski definition) is 5. The van der Waals surface area contributed by atoms with E-state index in [1.54, 1.807) is 12.4 Å². The molecule has 0 aliphatic rings. The number of pyridine rings is 1.